The van der Waals surface area contributed by atoms with E-state index in [-0.39, 0.29) is 10.9 Å². The highest BCUT2D eigenvalue weighted by Crippen LogP contribution is 2.46. The van der Waals surface area contributed by atoms with Crippen LogP contribution in [0.4, 0.5) is 0 Å². The molecule has 0 bridgehead atoms. The Kier molecular flexibility index (Phi) is 10.5. The number of ether oxygens (including phenoxy) is 1. The van der Waals surface area contributed by atoms with Crippen molar-refractivity contribution in [1.29, 1.82) is 0 Å². The van der Waals surface area contributed by atoms with E-state index in [1.807, 2.05) is 22.9 Å². The lowest BCUT2D eigenvalue weighted by molar-refractivity contribution is 0.230. The molecule has 0 radical (unpaired) electrons. The molecule has 0 aliphatic heterocycles. The molecule has 0 unspecified atom stereocenters. The molecule has 47 heavy (non-hydrogen) atoms. The number of aromatic nitrogens is 6. The predicted octanol–water partition coefficient (Wildman–Crippen LogP) is 3.96. The molecule has 3 N–H and O–H groups in total. The van der Waals surface area contributed by atoms with Gasteiger partial charge in [0.05, 0.1) is 78.2 Å². The minimum absolute atomic E-state index is 0.0204. The predicted molar refractivity (Wildman–Crippen MR) is 178 cm³/mol. The minimum Gasteiger partial charge on any atom is -0.480 e. The van der Waals surface area contributed by atoms with Gasteiger partial charge in [0.25, 0.3) is 5.56 Å². The monoisotopic (exact) mass is 680 g/mol. The summed E-state index contributed by atoms with van der Waals surface area (Å²) in [6.07, 6.45) is 6.49. The van der Waals surface area contributed by atoms with Crippen molar-refractivity contribution in [2.75, 3.05) is 20.3 Å². The van der Waals surface area contributed by atoms with Gasteiger partial charge in [0.2, 0.25) is 5.88 Å². The molecule has 0 fully saturated rings. The van der Waals surface area contributed by atoms with Crippen molar-refractivity contribution >= 4 is 47.6 Å². The fourth-order valence-electron chi connectivity index (χ4n) is 4.87. The average Bonchev–Trinajstić information content (AvgIpc) is 3.66. The SMILES string of the molecule is CCOP(=O)(OCC)c1ccc(Cn2ncc3c(OC)nccc32)cc1.O=c1[nH]ccc2c1cnn2Cc1ccc(P(=O)(O)O)cc1. The van der Waals surface area contributed by atoms with E-state index in [0.29, 0.717) is 48.4 Å². The lowest BCUT2D eigenvalue weighted by atomic mass is 10.2. The van der Waals surface area contributed by atoms with Gasteiger partial charge in [-0.3, -0.25) is 23.3 Å². The van der Waals surface area contributed by atoms with Crippen LogP contribution in [-0.2, 0) is 31.3 Å². The number of H-pyrrole nitrogens is 1. The highest BCUT2D eigenvalue weighted by Gasteiger charge is 2.26. The highest BCUT2D eigenvalue weighted by molar-refractivity contribution is 7.62. The van der Waals surface area contributed by atoms with Gasteiger partial charge in [-0.25, -0.2) is 4.98 Å². The van der Waals surface area contributed by atoms with Crippen molar-refractivity contribution in [2.45, 2.75) is 26.9 Å². The summed E-state index contributed by atoms with van der Waals surface area (Å²) in [4.78, 5) is 36.5. The van der Waals surface area contributed by atoms with Gasteiger partial charge in [-0.2, -0.15) is 10.2 Å². The number of methoxy groups -OCH3 is 1. The maximum absolute atomic E-state index is 12.8. The van der Waals surface area contributed by atoms with Crippen LogP contribution in [0, 0.1) is 0 Å². The average molecular weight is 681 g/mol. The van der Waals surface area contributed by atoms with Gasteiger partial charge in [-0.15, -0.1) is 0 Å². The summed E-state index contributed by atoms with van der Waals surface area (Å²) in [5.41, 5.74) is 3.30. The number of benzene rings is 2. The Bertz CT molecular complexity index is 2110. The first-order valence-electron chi connectivity index (χ1n) is 14.6. The summed E-state index contributed by atoms with van der Waals surface area (Å²) >= 11 is 0. The molecule has 0 spiro atoms. The zero-order valence-electron chi connectivity index (χ0n) is 25.9. The van der Waals surface area contributed by atoms with Crippen LogP contribution in [0.1, 0.15) is 25.0 Å². The van der Waals surface area contributed by atoms with Gasteiger partial charge < -0.3 is 28.6 Å². The Morgan fingerprint density at radius 2 is 1.30 bits per heavy atom. The summed E-state index contributed by atoms with van der Waals surface area (Å²) in [6.45, 7) is 5.24. The van der Waals surface area contributed by atoms with E-state index in [9.17, 15) is 13.9 Å². The molecule has 16 heteroatoms. The zero-order valence-corrected chi connectivity index (χ0v) is 27.7. The molecular weight excluding hydrogens is 646 g/mol. The number of pyridine rings is 2. The van der Waals surface area contributed by atoms with Crippen LogP contribution in [0.25, 0.3) is 21.8 Å². The van der Waals surface area contributed by atoms with Gasteiger partial charge in [-0.1, -0.05) is 24.3 Å². The highest BCUT2D eigenvalue weighted by atomic mass is 31.2. The molecule has 4 aromatic heterocycles. The van der Waals surface area contributed by atoms with Crippen molar-refractivity contribution < 1.29 is 32.7 Å². The quantitative estimate of drug-likeness (QED) is 0.168. The molecule has 0 aliphatic rings. The van der Waals surface area contributed by atoms with Crippen LogP contribution < -0.4 is 20.9 Å². The number of nitrogens with one attached hydrogen (secondary N) is 1. The normalized spacial score (nSPS) is 11.9. The molecule has 0 saturated carbocycles. The molecule has 246 valence electrons. The van der Waals surface area contributed by atoms with Crippen molar-refractivity contribution in [2.24, 2.45) is 0 Å². The van der Waals surface area contributed by atoms with Crippen LogP contribution in [0.15, 0.2) is 90.2 Å². The van der Waals surface area contributed by atoms with E-state index in [1.165, 1.54) is 18.3 Å². The molecule has 14 nitrogen and oxygen atoms in total. The Balaban J connectivity index is 0.000000189. The van der Waals surface area contributed by atoms with Crippen LogP contribution in [0.2, 0.25) is 0 Å². The second-order valence-electron chi connectivity index (χ2n) is 10.2. The van der Waals surface area contributed by atoms with Gasteiger partial charge >= 0.3 is 15.2 Å². The van der Waals surface area contributed by atoms with Crippen molar-refractivity contribution in [3.05, 3.63) is 107 Å². The van der Waals surface area contributed by atoms with Crippen molar-refractivity contribution in [1.82, 2.24) is 29.5 Å². The Labute approximate surface area is 269 Å². The molecule has 2 aromatic carbocycles. The summed E-state index contributed by atoms with van der Waals surface area (Å²) < 4.78 is 43.5. The zero-order chi connectivity index (χ0) is 33.6. The third-order valence-electron chi connectivity index (χ3n) is 7.10. The third kappa shape index (κ3) is 7.77. The van der Waals surface area contributed by atoms with Gasteiger partial charge in [0, 0.05) is 12.4 Å². The first-order chi connectivity index (χ1) is 22.6. The standard InChI is InChI=1S/C18H22N3O4P.C13H12N3O4P/c1-4-24-26(22,25-5-2)15-8-6-14(7-9-15)13-21-17-10-11-19-18(23-3)16(17)12-20-21;17-13-11-7-15-16(12(11)5-6-14-13)8-9-1-3-10(4-2-9)21(18,19)20/h6-12H,4-5,13H2,1-3H3;1-7H,8H2,(H,14,17)(H2,18,19,20). The molecule has 4 heterocycles. The topological polar surface area (TPSA) is 184 Å². The summed E-state index contributed by atoms with van der Waals surface area (Å²) in [5, 5.41) is 10.5. The maximum atomic E-state index is 12.8. The first kappa shape index (κ1) is 33.9. The maximum Gasteiger partial charge on any atom is 0.361 e. The molecule has 0 aliphatic carbocycles. The van der Waals surface area contributed by atoms with Crippen LogP contribution >= 0.6 is 15.2 Å². The molecule has 0 amide bonds. The summed E-state index contributed by atoms with van der Waals surface area (Å²) in [6, 6.07) is 17.1. The number of fused-ring (bicyclic) bond motifs is 2. The number of hydrogen-bond donors (Lipinski definition) is 3. The second-order valence-corrected chi connectivity index (χ2v) is 13.8. The van der Waals surface area contributed by atoms with E-state index in [0.717, 1.165) is 22.0 Å². The van der Waals surface area contributed by atoms with E-state index >= 15 is 0 Å². The number of nitrogens with zero attached hydrogens (tertiary/aromatic N) is 5. The van der Waals surface area contributed by atoms with Gasteiger partial charge in [0.1, 0.15) is 0 Å². The largest absolute Gasteiger partial charge is 0.480 e. The fraction of sp³-hybridized carbons (Fsp3) is 0.226. The third-order valence-corrected chi connectivity index (χ3v) is 10.2. The summed E-state index contributed by atoms with van der Waals surface area (Å²) in [5.74, 6) is 0.554. The molecule has 0 saturated heterocycles. The first-order valence-corrected chi connectivity index (χ1v) is 17.7. The Morgan fingerprint density at radius 3 is 1.83 bits per heavy atom. The van der Waals surface area contributed by atoms with Crippen molar-refractivity contribution in [3.63, 3.8) is 0 Å². The molecular formula is C31H34N6O8P2. The Morgan fingerprint density at radius 1 is 0.766 bits per heavy atom. The molecule has 6 rings (SSSR count). The molecule has 0 atom stereocenters. The van der Waals surface area contributed by atoms with E-state index in [2.05, 4.69) is 20.2 Å². The van der Waals surface area contributed by atoms with Crippen LogP contribution in [0.5, 0.6) is 5.88 Å². The fourth-order valence-corrected chi connectivity index (χ4v) is 6.97. The van der Waals surface area contributed by atoms with E-state index < -0.39 is 15.2 Å². The Hall–Kier alpha value is -4.42. The smallest absolute Gasteiger partial charge is 0.361 e. The van der Waals surface area contributed by atoms with E-state index in [4.69, 9.17) is 23.6 Å². The minimum atomic E-state index is -4.22. The number of hydrogen-bond acceptors (Lipinski definition) is 9. The van der Waals surface area contributed by atoms with Gasteiger partial charge in [-0.05, 0) is 61.4 Å². The lowest BCUT2D eigenvalue weighted by Gasteiger charge is -2.17. The lowest BCUT2D eigenvalue weighted by Crippen LogP contribution is -2.11. The van der Waals surface area contributed by atoms with E-state index in [1.54, 1.807) is 74.6 Å². The van der Waals surface area contributed by atoms with Gasteiger partial charge in [0.15, 0.2) is 0 Å². The second kappa shape index (κ2) is 14.6. The molecule has 6 aromatic rings. The number of aromatic amines is 1. The summed E-state index contributed by atoms with van der Waals surface area (Å²) in [7, 11) is -5.89. The van der Waals surface area contributed by atoms with Crippen LogP contribution in [0.3, 0.4) is 0 Å². The van der Waals surface area contributed by atoms with Crippen molar-refractivity contribution in [3.8, 4) is 5.88 Å². The van der Waals surface area contributed by atoms with Crippen LogP contribution in [-0.4, -0.2) is 59.6 Å². The number of rotatable bonds is 11.